The van der Waals surface area contributed by atoms with Gasteiger partial charge in [0.15, 0.2) is 0 Å². The van der Waals surface area contributed by atoms with Crippen LogP contribution in [0.5, 0.6) is 0 Å². The quantitative estimate of drug-likeness (QED) is 0.646. The predicted octanol–water partition coefficient (Wildman–Crippen LogP) is 4.53. The number of methoxy groups -OCH3 is 1. The molecule has 3 heteroatoms. The number of alkyl halides is 1. The molecule has 0 bridgehead atoms. The summed E-state index contributed by atoms with van der Waals surface area (Å²) in [5.41, 5.74) is 0. The van der Waals surface area contributed by atoms with Gasteiger partial charge < -0.3 is 4.74 Å². The van der Waals surface area contributed by atoms with Crippen LogP contribution in [0.1, 0.15) is 51.9 Å². The zero-order chi connectivity index (χ0) is 13.4. The lowest BCUT2D eigenvalue weighted by molar-refractivity contribution is 0.0409. The van der Waals surface area contributed by atoms with Crippen LogP contribution in [0.2, 0.25) is 0 Å². The first-order valence-electron chi connectivity index (χ1n) is 7.25. The van der Waals surface area contributed by atoms with Gasteiger partial charge in [-0.15, -0.1) is 0 Å². The molecule has 0 aliphatic heterocycles. The van der Waals surface area contributed by atoms with Crippen LogP contribution in [-0.4, -0.2) is 18.5 Å². The molecular weight excluding hydrogens is 290 g/mol. The Morgan fingerprint density at radius 3 is 2.39 bits per heavy atom. The molecule has 0 spiro atoms. The summed E-state index contributed by atoms with van der Waals surface area (Å²) in [5.74, 6) is 1.55. The van der Waals surface area contributed by atoms with Gasteiger partial charge in [-0.1, -0.05) is 29.3 Å². The molecule has 0 aromatic rings. The smallest absolute Gasteiger partial charge is 0.0658 e. The van der Waals surface area contributed by atoms with Crippen molar-refractivity contribution < 1.29 is 4.74 Å². The molecule has 1 rings (SSSR count). The number of hydrogen-bond donors (Lipinski definition) is 0. The lowest BCUT2D eigenvalue weighted by atomic mass is 9.71. The van der Waals surface area contributed by atoms with Crippen LogP contribution in [0.3, 0.4) is 0 Å². The minimum Gasteiger partial charge on any atom is -0.381 e. The Hall–Kier alpha value is -0.0700. The molecule has 104 valence electrons. The molecule has 0 aromatic heterocycles. The topological polar surface area (TPSA) is 33.0 Å². The van der Waals surface area contributed by atoms with Crippen LogP contribution in [0.25, 0.3) is 0 Å². The number of rotatable bonds is 7. The monoisotopic (exact) mass is 315 g/mol. The van der Waals surface area contributed by atoms with E-state index in [1.165, 1.54) is 25.7 Å². The minimum atomic E-state index is 0.247. The third kappa shape index (κ3) is 4.55. The minimum absolute atomic E-state index is 0.247. The Kier molecular flexibility index (Phi) is 7.93. The van der Waals surface area contributed by atoms with Crippen molar-refractivity contribution in [2.75, 3.05) is 12.4 Å². The number of ether oxygens (including phenoxy) is 1. The van der Waals surface area contributed by atoms with Gasteiger partial charge >= 0.3 is 0 Å². The second-order valence-electron chi connectivity index (χ2n) is 5.44. The lowest BCUT2D eigenvalue weighted by Crippen LogP contribution is -2.29. The predicted molar refractivity (Wildman–Crippen MR) is 78.7 cm³/mol. The van der Waals surface area contributed by atoms with E-state index >= 15 is 0 Å². The summed E-state index contributed by atoms with van der Waals surface area (Å²) in [6.45, 7) is 2.18. The summed E-state index contributed by atoms with van der Waals surface area (Å²) in [7, 11) is 1.82. The van der Waals surface area contributed by atoms with Gasteiger partial charge in [-0.2, -0.15) is 5.26 Å². The highest BCUT2D eigenvalue weighted by atomic mass is 79.9. The van der Waals surface area contributed by atoms with Gasteiger partial charge in [0.05, 0.1) is 12.2 Å². The van der Waals surface area contributed by atoms with E-state index in [-0.39, 0.29) is 5.92 Å². The number of halogens is 1. The van der Waals surface area contributed by atoms with E-state index in [0.29, 0.717) is 12.0 Å². The van der Waals surface area contributed by atoms with Crippen molar-refractivity contribution >= 4 is 15.9 Å². The van der Waals surface area contributed by atoms with Crippen LogP contribution in [-0.2, 0) is 4.74 Å². The maximum Gasteiger partial charge on any atom is 0.0658 e. The maximum atomic E-state index is 9.39. The molecule has 18 heavy (non-hydrogen) atoms. The summed E-state index contributed by atoms with van der Waals surface area (Å²) in [6, 6.07) is 2.56. The fraction of sp³-hybridized carbons (Fsp3) is 0.933. The second-order valence-corrected chi connectivity index (χ2v) is 6.23. The zero-order valence-corrected chi connectivity index (χ0v) is 13.3. The first-order valence-corrected chi connectivity index (χ1v) is 8.37. The average molecular weight is 316 g/mol. The molecule has 2 nitrogen and oxygen atoms in total. The molecule has 0 radical (unpaired) electrons. The van der Waals surface area contributed by atoms with Gasteiger partial charge in [0, 0.05) is 18.4 Å². The van der Waals surface area contributed by atoms with Crippen molar-refractivity contribution in [2.45, 2.75) is 58.0 Å². The Bertz CT molecular complexity index is 256. The van der Waals surface area contributed by atoms with Crippen LogP contribution in [0.15, 0.2) is 0 Å². The molecule has 1 fully saturated rings. The van der Waals surface area contributed by atoms with Crippen molar-refractivity contribution in [1.29, 1.82) is 5.26 Å². The molecule has 0 saturated heterocycles. The highest BCUT2D eigenvalue weighted by Gasteiger charge is 2.31. The Morgan fingerprint density at radius 1 is 1.28 bits per heavy atom. The Balaban J connectivity index is 2.58. The van der Waals surface area contributed by atoms with E-state index in [1.54, 1.807) is 0 Å². The van der Waals surface area contributed by atoms with Gasteiger partial charge in [-0.3, -0.25) is 0 Å². The number of nitrogens with zero attached hydrogens (tertiary/aromatic N) is 1. The molecular formula is C15H26BrNO. The molecule has 0 aromatic carbocycles. The maximum absolute atomic E-state index is 9.39. The lowest BCUT2D eigenvalue weighted by Gasteiger charge is -2.35. The van der Waals surface area contributed by atoms with Gasteiger partial charge in [-0.05, 0) is 50.4 Å². The molecule has 0 heterocycles. The standard InChI is InChI=1S/C15H26BrNO/c1-3-4-13(11-17)15(9-10-16)12-5-7-14(18-2)8-6-12/h12-15H,3-10H2,1-2H3. The van der Waals surface area contributed by atoms with Crippen LogP contribution < -0.4 is 0 Å². The van der Waals surface area contributed by atoms with Gasteiger partial charge in [0.1, 0.15) is 0 Å². The van der Waals surface area contributed by atoms with Gasteiger partial charge in [0.25, 0.3) is 0 Å². The highest BCUT2D eigenvalue weighted by Crippen LogP contribution is 2.38. The average Bonchev–Trinajstić information content (AvgIpc) is 2.43. The summed E-state index contributed by atoms with van der Waals surface area (Å²) in [4.78, 5) is 0. The SMILES string of the molecule is CCCC(C#N)C(CCBr)C1CCC(OC)CC1. The van der Waals surface area contributed by atoms with E-state index in [4.69, 9.17) is 4.74 Å². The Labute approximate surface area is 120 Å². The van der Waals surface area contributed by atoms with Gasteiger partial charge in [-0.25, -0.2) is 0 Å². The van der Waals surface area contributed by atoms with E-state index in [9.17, 15) is 5.26 Å². The van der Waals surface area contributed by atoms with E-state index < -0.39 is 0 Å². The van der Waals surface area contributed by atoms with Crippen molar-refractivity contribution in [1.82, 2.24) is 0 Å². The first-order chi connectivity index (χ1) is 8.76. The van der Waals surface area contributed by atoms with Crippen molar-refractivity contribution in [2.24, 2.45) is 17.8 Å². The van der Waals surface area contributed by atoms with Crippen molar-refractivity contribution in [3.63, 3.8) is 0 Å². The molecule has 1 aliphatic rings. The third-order valence-electron chi connectivity index (χ3n) is 4.38. The summed E-state index contributed by atoms with van der Waals surface area (Å²) < 4.78 is 5.44. The largest absolute Gasteiger partial charge is 0.381 e. The van der Waals surface area contributed by atoms with Crippen molar-refractivity contribution in [3.8, 4) is 6.07 Å². The molecule has 1 aliphatic carbocycles. The highest BCUT2D eigenvalue weighted by molar-refractivity contribution is 9.09. The molecule has 0 amide bonds. The van der Waals surface area contributed by atoms with Crippen LogP contribution in [0, 0.1) is 29.1 Å². The fourth-order valence-corrected chi connectivity index (χ4v) is 3.86. The Morgan fingerprint density at radius 2 is 1.94 bits per heavy atom. The molecule has 0 N–H and O–H groups in total. The fourth-order valence-electron chi connectivity index (χ4n) is 3.33. The normalized spacial score (nSPS) is 27.4. The second kappa shape index (κ2) is 8.93. The summed E-state index contributed by atoms with van der Waals surface area (Å²) in [5, 5.41) is 10.4. The van der Waals surface area contributed by atoms with Crippen LogP contribution in [0.4, 0.5) is 0 Å². The van der Waals surface area contributed by atoms with Crippen molar-refractivity contribution in [3.05, 3.63) is 0 Å². The van der Waals surface area contributed by atoms with E-state index in [1.807, 2.05) is 7.11 Å². The summed E-state index contributed by atoms with van der Waals surface area (Å²) >= 11 is 3.56. The first kappa shape index (κ1) is 16.0. The number of nitriles is 1. The summed E-state index contributed by atoms with van der Waals surface area (Å²) in [6.07, 6.45) is 8.58. The number of hydrogen-bond acceptors (Lipinski definition) is 2. The van der Waals surface area contributed by atoms with Crippen LogP contribution >= 0.6 is 15.9 Å². The van der Waals surface area contributed by atoms with E-state index in [0.717, 1.165) is 30.5 Å². The third-order valence-corrected chi connectivity index (χ3v) is 4.84. The molecule has 2 atom stereocenters. The van der Waals surface area contributed by atoms with Gasteiger partial charge in [0.2, 0.25) is 0 Å². The van der Waals surface area contributed by atoms with E-state index in [2.05, 4.69) is 28.9 Å². The zero-order valence-electron chi connectivity index (χ0n) is 11.7. The molecule has 2 unspecified atom stereocenters. The molecule has 1 saturated carbocycles.